The minimum absolute atomic E-state index is 0.00269. The minimum Gasteiger partial charge on any atom is -0.375 e. The fourth-order valence-corrected chi connectivity index (χ4v) is 9.19. The van der Waals surface area contributed by atoms with Gasteiger partial charge in [-0.05, 0) is 68.2 Å². The van der Waals surface area contributed by atoms with Gasteiger partial charge in [0.1, 0.15) is 11.9 Å². The van der Waals surface area contributed by atoms with Crippen molar-refractivity contribution < 1.29 is 32.7 Å². The maximum absolute atomic E-state index is 15.0. The van der Waals surface area contributed by atoms with Crippen molar-refractivity contribution in [2.24, 2.45) is 5.92 Å². The van der Waals surface area contributed by atoms with E-state index in [1.807, 2.05) is 17.0 Å². The van der Waals surface area contributed by atoms with E-state index in [0.29, 0.717) is 67.7 Å². The van der Waals surface area contributed by atoms with Gasteiger partial charge >= 0.3 is 0 Å². The molecule has 2 aromatic carbocycles. The van der Waals surface area contributed by atoms with Crippen LogP contribution in [0.5, 0.6) is 0 Å². The molecule has 3 aliphatic heterocycles. The summed E-state index contributed by atoms with van der Waals surface area (Å²) in [6.07, 6.45) is 8.38. The molecular formula is C45H57F2N7O6. The Morgan fingerprint density at radius 1 is 0.817 bits per heavy atom. The smallest absolute Gasteiger partial charge is 0.272 e. The second-order valence-corrected chi connectivity index (χ2v) is 16.8. The Labute approximate surface area is 349 Å². The number of aromatic amines is 1. The van der Waals surface area contributed by atoms with Gasteiger partial charge in [0.2, 0.25) is 17.7 Å². The number of benzene rings is 2. The molecule has 3 aromatic rings. The number of carbonyl (C=O) groups is 4. The average molecular weight is 830 g/mol. The summed E-state index contributed by atoms with van der Waals surface area (Å²) in [5.41, 5.74) is 0.984. The first kappa shape index (κ1) is 43.1. The number of ether oxygens (including phenoxy) is 1. The molecule has 4 fully saturated rings. The van der Waals surface area contributed by atoms with Crippen LogP contribution in [-0.2, 0) is 25.5 Å². The number of carbonyl (C=O) groups excluding carboxylic acids is 4. The van der Waals surface area contributed by atoms with E-state index < -0.39 is 23.6 Å². The largest absolute Gasteiger partial charge is 0.375 e. The van der Waals surface area contributed by atoms with Gasteiger partial charge < -0.3 is 24.8 Å². The SMILES string of the molecule is C=C(F)CCC(=O)NC(C(=O)N1CCC(OC2CCN(CC(=O)N3CCN(C(=O)c4cc(Cc5n[nH]c(=O)c6ccccc56)ccc4F)CC3)CC2)CC1)C1CCCCC1. The molecule has 4 heterocycles. The summed E-state index contributed by atoms with van der Waals surface area (Å²) >= 11 is 0. The summed E-state index contributed by atoms with van der Waals surface area (Å²) in [6.45, 7) is 7.43. The van der Waals surface area contributed by atoms with E-state index in [0.717, 1.165) is 70.9 Å². The van der Waals surface area contributed by atoms with Crippen LogP contribution in [0.25, 0.3) is 10.8 Å². The van der Waals surface area contributed by atoms with Crippen molar-refractivity contribution in [3.05, 3.63) is 87.9 Å². The van der Waals surface area contributed by atoms with E-state index in [-0.39, 0.29) is 66.4 Å². The Bertz CT molecular complexity index is 2080. The molecular weight excluding hydrogens is 773 g/mol. The number of amides is 4. The van der Waals surface area contributed by atoms with Crippen molar-refractivity contribution in [2.75, 3.05) is 58.9 Å². The van der Waals surface area contributed by atoms with Crippen LogP contribution in [0.1, 0.15) is 92.2 Å². The summed E-state index contributed by atoms with van der Waals surface area (Å²) in [5, 5.41) is 10.9. The zero-order chi connectivity index (χ0) is 42.2. The van der Waals surface area contributed by atoms with Crippen molar-refractivity contribution in [3.8, 4) is 0 Å². The lowest BCUT2D eigenvalue weighted by molar-refractivity contribution is -0.142. The highest BCUT2D eigenvalue weighted by atomic mass is 19.1. The van der Waals surface area contributed by atoms with E-state index in [4.69, 9.17) is 4.74 Å². The Balaban J connectivity index is 0.825. The maximum atomic E-state index is 15.0. The predicted molar refractivity (Wildman–Crippen MR) is 222 cm³/mol. The van der Waals surface area contributed by atoms with Crippen molar-refractivity contribution in [2.45, 2.75) is 95.3 Å². The van der Waals surface area contributed by atoms with Crippen LogP contribution in [0, 0.1) is 11.7 Å². The highest BCUT2D eigenvalue weighted by Gasteiger charge is 2.36. The number of allylic oxidation sites excluding steroid dienone is 1. The molecule has 60 heavy (non-hydrogen) atoms. The van der Waals surface area contributed by atoms with E-state index in [1.54, 1.807) is 34.1 Å². The van der Waals surface area contributed by atoms with E-state index in [2.05, 4.69) is 27.0 Å². The number of aromatic nitrogens is 2. The highest BCUT2D eigenvalue weighted by molar-refractivity contribution is 5.95. The van der Waals surface area contributed by atoms with Gasteiger partial charge in [-0.1, -0.05) is 50.1 Å². The van der Waals surface area contributed by atoms with Gasteiger partial charge in [-0.3, -0.25) is 28.9 Å². The third-order valence-corrected chi connectivity index (χ3v) is 12.7. The zero-order valence-corrected chi connectivity index (χ0v) is 34.3. The molecule has 1 saturated carbocycles. The molecule has 2 N–H and O–H groups in total. The van der Waals surface area contributed by atoms with Gasteiger partial charge in [0, 0.05) is 77.0 Å². The first-order valence-electron chi connectivity index (χ1n) is 21.6. The molecule has 1 atom stereocenters. The third kappa shape index (κ3) is 10.8. The monoisotopic (exact) mass is 829 g/mol. The van der Waals surface area contributed by atoms with Crippen molar-refractivity contribution in [1.29, 1.82) is 0 Å². The van der Waals surface area contributed by atoms with E-state index >= 15 is 4.39 Å². The lowest BCUT2D eigenvalue weighted by atomic mass is 9.83. The van der Waals surface area contributed by atoms with Crippen LogP contribution in [0.2, 0.25) is 0 Å². The molecule has 1 aliphatic carbocycles. The molecule has 1 unspecified atom stereocenters. The van der Waals surface area contributed by atoms with Crippen LogP contribution in [0.3, 0.4) is 0 Å². The van der Waals surface area contributed by atoms with E-state index in [9.17, 15) is 28.4 Å². The summed E-state index contributed by atoms with van der Waals surface area (Å²) in [7, 11) is 0. The van der Waals surface area contributed by atoms with Crippen molar-refractivity contribution >= 4 is 34.4 Å². The Morgan fingerprint density at radius 3 is 2.15 bits per heavy atom. The Kier molecular flexibility index (Phi) is 14.4. The highest BCUT2D eigenvalue weighted by Crippen LogP contribution is 2.29. The van der Waals surface area contributed by atoms with Gasteiger partial charge in [-0.25, -0.2) is 13.9 Å². The fourth-order valence-electron chi connectivity index (χ4n) is 9.19. The molecule has 15 heteroatoms. The zero-order valence-electron chi connectivity index (χ0n) is 34.3. The number of halogens is 2. The molecule has 0 bridgehead atoms. The molecule has 1 aromatic heterocycles. The van der Waals surface area contributed by atoms with Crippen LogP contribution >= 0.6 is 0 Å². The normalized spacial score (nSPS) is 19.3. The molecule has 0 radical (unpaired) electrons. The first-order valence-corrected chi connectivity index (χ1v) is 21.6. The minimum atomic E-state index is -0.615. The quantitative estimate of drug-likeness (QED) is 0.251. The van der Waals surface area contributed by atoms with Gasteiger partial charge in [0.05, 0.1) is 41.2 Å². The number of nitrogens with one attached hydrogen (secondary N) is 2. The Morgan fingerprint density at radius 2 is 1.47 bits per heavy atom. The number of hydrogen-bond donors (Lipinski definition) is 2. The van der Waals surface area contributed by atoms with Crippen LogP contribution in [-0.4, -0.2) is 131 Å². The lowest BCUT2D eigenvalue weighted by Crippen LogP contribution is -2.55. The summed E-state index contributed by atoms with van der Waals surface area (Å²) in [6, 6.07) is 11.0. The predicted octanol–water partition coefficient (Wildman–Crippen LogP) is 4.74. The molecule has 4 aliphatic rings. The maximum Gasteiger partial charge on any atom is 0.272 e. The number of piperidine rings is 2. The third-order valence-electron chi connectivity index (χ3n) is 12.7. The molecule has 3 saturated heterocycles. The topological polar surface area (TPSA) is 148 Å². The number of piperazine rings is 1. The first-order chi connectivity index (χ1) is 29.0. The number of likely N-dealkylation sites (tertiary alicyclic amines) is 2. The van der Waals surface area contributed by atoms with Crippen LogP contribution in [0.15, 0.2) is 59.7 Å². The van der Waals surface area contributed by atoms with Crippen molar-refractivity contribution in [3.63, 3.8) is 0 Å². The number of rotatable bonds is 13. The van der Waals surface area contributed by atoms with Crippen molar-refractivity contribution in [1.82, 2.24) is 35.1 Å². The Hall–Kier alpha value is -5.02. The fraction of sp³-hybridized carbons (Fsp3) is 0.556. The summed E-state index contributed by atoms with van der Waals surface area (Å²) in [5.74, 6) is -1.86. The standard InChI is InChI=1S/C45H57F2N7O6/c1-30(46)11-14-40(55)48-42(32-7-3-2-4-8-32)45(59)53-21-17-34(18-22-53)60-33-15-19-51(20-16-33)29-41(56)52-23-25-54(26-24-52)44(58)37-27-31(12-13-38(37)47)28-39-35-9-5-6-10-36(35)43(57)50-49-39/h5-6,9-10,12-13,27,32-34,42H,1-4,7-8,11,14-26,28-29H2,(H,48,55)(H,50,57). The van der Waals surface area contributed by atoms with Gasteiger partial charge in [-0.2, -0.15) is 5.10 Å². The molecule has 4 amide bonds. The summed E-state index contributed by atoms with van der Waals surface area (Å²) in [4.78, 5) is 72.8. The number of nitrogens with zero attached hydrogens (tertiary/aromatic N) is 5. The molecule has 322 valence electrons. The number of hydrogen-bond acceptors (Lipinski definition) is 8. The molecule has 7 rings (SSSR count). The van der Waals surface area contributed by atoms with Crippen LogP contribution in [0.4, 0.5) is 8.78 Å². The number of H-pyrrole nitrogens is 1. The van der Waals surface area contributed by atoms with Crippen LogP contribution < -0.4 is 10.9 Å². The van der Waals surface area contributed by atoms with Gasteiger partial charge in [0.15, 0.2) is 0 Å². The number of fused-ring (bicyclic) bond motifs is 1. The summed E-state index contributed by atoms with van der Waals surface area (Å²) < 4.78 is 34.7. The average Bonchev–Trinajstić information content (AvgIpc) is 3.27. The second-order valence-electron chi connectivity index (χ2n) is 16.8. The van der Waals surface area contributed by atoms with Gasteiger partial charge in [-0.15, -0.1) is 0 Å². The second kappa shape index (κ2) is 20.0. The molecule has 13 nitrogen and oxygen atoms in total. The lowest BCUT2D eigenvalue weighted by Gasteiger charge is -2.40. The van der Waals surface area contributed by atoms with E-state index in [1.165, 1.54) is 6.07 Å². The molecule has 0 spiro atoms. The van der Waals surface area contributed by atoms with Gasteiger partial charge in [0.25, 0.3) is 11.5 Å².